The maximum Gasteiger partial charge on any atom is 0.246 e. The second-order valence-electron chi connectivity index (χ2n) is 6.38. The quantitative estimate of drug-likeness (QED) is 0.782. The summed E-state index contributed by atoms with van der Waals surface area (Å²) >= 11 is 1.58. The van der Waals surface area contributed by atoms with E-state index in [9.17, 15) is 4.79 Å². The van der Waals surface area contributed by atoms with Crippen molar-refractivity contribution < 1.29 is 4.79 Å². The van der Waals surface area contributed by atoms with Crippen LogP contribution in [0.4, 0.5) is 5.13 Å². The summed E-state index contributed by atoms with van der Waals surface area (Å²) in [5, 5.41) is 3.67. The molecule has 1 aliphatic heterocycles. The van der Waals surface area contributed by atoms with Crippen LogP contribution in [0.2, 0.25) is 0 Å². The summed E-state index contributed by atoms with van der Waals surface area (Å²) in [5.41, 5.74) is 3.05. The van der Waals surface area contributed by atoms with Crippen molar-refractivity contribution in [3.05, 3.63) is 40.7 Å². The lowest BCUT2D eigenvalue weighted by atomic mass is 10.2. The monoisotopic (exact) mass is 355 g/mol. The van der Waals surface area contributed by atoms with Crippen molar-refractivity contribution in [3.8, 4) is 0 Å². The molecule has 1 N–H and O–H groups in total. The molecule has 0 saturated heterocycles. The molecule has 0 atom stereocenters. The van der Waals surface area contributed by atoms with Crippen LogP contribution in [0, 0.1) is 0 Å². The first-order chi connectivity index (χ1) is 12.1. The highest BCUT2D eigenvalue weighted by Gasteiger charge is 2.19. The van der Waals surface area contributed by atoms with E-state index < -0.39 is 0 Å². The molecule has 0 unspecified atom stereocenters. The van der Waals surface area contributed by atoms with Gasteiger partial charge in [0.25, 0.3) is 0 Å². The van der Waals surface area contributed by atoms with Gasteiger partial charge in [-0.25, -0.2) is 9.97 Å². The molecule has 0 bridgehead atoms. The smallest absolute Gasteiger partial charge is 0.246 e. The molecular weight excluding hydrogens is 334 g/mol. The Morgan fingerprint density at radius 2 is 2.16 bits per heavy atom. The van der Waals surface area contributed by atoms with Crippen LogP contribution in [0.1, 0.15) is 23.3 Å². The molecular formula is C18H21N5OS. The highest BCUT2D eigenvalue weighted by atomic mass is 32.1. The maximum absolute atomic E-state index is 12.6. The third kappa shape index (κ3) is 3.17. The zero-order chi connectivity index (χ0) is 17.4. The minimum Gasteiger partial charge on any atom is -0.318 e. The normalized spacial score (nSPS) is 14.6. The van der Waals surface area contributed by atoms with Gasteiger partial charge in [-0.1, -0.05) is 19.1 Å². The van der Waals surface area contributed by atoms with E-state index >= 15 is 0 Å². The van der Waals surface area contributed by atoms with Gasteiger partial charge < -0.3 is 14.8 Å². The number of aryl methyl sites for hydroxylation is 1. The first kappa shape index (κ1) is 16.2. The van der Waals surface area contributed by atoms with Gasteiger partial charge in [0, 0.05) is 30.8 Å². The minimum atomic E-state index is -0.0581. The molecule has 4 rings (SSSR count). The average molecular weight is 355 g/mol. The summed E-state index contributed by atoms with van der Waals surface area (Å²) in [6.07, 6.45) is 1.74. The van der Waals surface area contributed by atoms with Crippen LogP contribution in [-0.4, -0.2) is 38.9 Å². The average Bonchev–Trinajstić information content (AvgIpc) is 3.15. The standard InChI is InChI=1S/C18H21N5OS/c1-3-16-19-12-6-4-5-7-14(12)23(16)11-17(24)21-18-20-13-8-9-22(2)10-15(13)25-18/h4-7H,3,8-11H2,1-2H3,(H,20,21,24). The number of aromatic nitrogens is 3. The summed E-state index contributed by atoms with van der Waals surface area (Å²) in [5.74, 6) is 0.869. The number of hydrogen-bond donors (Lipinski definition) is 1. The second kappa shape index (κ2) is 6.57. The summed E-state index contributed by atoms with van der Waals surface area (Å²) in [6.45, 7) is 4.24. The number of nitrogens with zero attached hydrogens (tertiary/aromatic N) is 4. The number of likely N-dealkylation sites (N-methyl/N-ethyl adjacent to an activating group) is 1. The number of thiazole rings is 1. The number of imidazole rings is 1. The molecule has 0 fully saturated rings. The lowest BCUT2D eigenvalue weighted by molar-refractivity contribution is -0.116. The van der Waals surface area contributed by atoms with Crippen LogP contribution >= 0.6 is 11.3 Å². The van der Waals surface area contributed by atoms with E-state index in [0.29, 0.717) is 5.13 Å². The minimum absolute atomic E-state index is 0.0581. The van der Waals surface area contributed by atoms with E-state index in [2.05, 4.69) is 34.2 Å². The van der Waals surface area contributed by atoms with Crippen molar-refractivity contribution in [2.75, 3.05) is 18.9 Å². The largest absolute Gasteiger partial charge is 0.318 e. The number of benzene rings is 1. The van der Waals surface area contributed by atoms with Gasteiger partial charge in [0.1, 0.15) is 12.4 Å². The van der Waals surface area contributed by atoms with Crippen molar-refractivity contribution in [1.29, 1.82) is 0 Å². The first-order valence-electron chi connectivity index (χ1n) is 8.55. The number of hydrogen-bond acceptors (Lipinski definition) is 5. The van der Waals surface area contributed by atoms with Crippen LogP contribution in [0.3, 0.4) is 0 Å². The molecule has 25 heavy (non-hydrogen) atoms. The van der Waals surface area contributed by atoms with Crippen molar-refractivity contribution in [2.24, 2.45) is 0 Å². The maximum atomic E-state index is 12.6. The van der Waals surface area contributed by atoms with E-state index in [0.717, 1.165) is 48.5 Å². The molecule has 1 amide bonds. The van der Waals surface area contributed by atoms with Gasteiger partial charge in [-0.05, 0) is 19.2 Å². The fourth-order valence-corrected chi connectivity index (χ4v) is 4.36. The summed E-state index contributed by atoms with van der Waals surface area (Å²) in [6, 6.07) is 7.93. The number of fused-ring (bicyclic) bond motifs is 2. The Bertz CT molecular complexity index is 929. The summed E-state index contributed by atoms with van der Waals surface area (Å²) in [7, 11) is 2.11. The summed E-state index contributed by atoms with van der Waals surface area (Å²) < 4.78 is 1.99. The molecule has 0 saturated carbocycles. The molecule has 130 valence electrons. The van der Waals surface area contributed by atoms with E-state index in [1.54, 1.807) is 11.3 Å². The summed E-state index contributed by atoms with van der Waals surface area (Å²) in [4.78, 5) is 25.3. The van der Waals surface area contributed by atoms with E-state index in [-0.39, 0.29) is 12.5 Å². The zero-order valence-corrected chi connectivity index (χ0v) is 15.3. The second-order valence-corrected chi connectivity index (χ2v) is 7.46. The highest BCUT2D eigenvalue weighted by Crippen LogP contribution is 2.27. The van der Waals surface area contributed by atoms with E-state index in [1.807, 2.05) is 28.8 Å². The first-order valence-corrected chi connectivity index (χ1v) is 9.37. The molecule has 3 aromatic rings. The molecule has 0 spiro atoms. The van der Waals surface area contributed by atoms with Crippen LogP contribution in [0.15, 0.2) is 24.3 Å². The van der Waals surface area contributed by atoms with Crippen molar-refractivity contribution in [1.82, 2.24) is 19.4 Å². The Morgan fingerprint density at radius 3 is 3.00 bits per heavy atom. The van der Waals surface area contributed by atoms with Crippen LogP contribution < -0.4 is 5.32 Å². The number of para-hydroxylation sites is 2. The molecule has 3 heterocycles. The van der Waals surface area contributed by atoms with Gasteiger partial charge in [-0.3, -0.25) is 4.79 Å². The van der Waals surface area contributed by atoms with Crippen molar-refractivity contribution in [2.45, 2.75) is 32.9 Å². The highest BCUT2D eigenvalue weighted by molar-refractivity contribution is 7.15. The fraction of sp³-hybridized carbons (Fsp3) is 0.389. The van der Waals surface area contributed by atoms with Gasteiger partial charge in [0.15, 0.2) is 5.13 Å². The molecule has 7 heteroatoms. The molecule has 6 nitrogen and oxygen atoms in total. The Kier molecular flexibility index (Phi) is 4.27. The Hall–Kier alpha value is -2.25. The van der Waals surface area contributed by atoms with Crippen molar-refractivity contribution in [3.63, 3.8) is 0 Å². The molecule has 0 radical (unpaired) electrons. The van der Waals surface area contributed by atoms with E-state index in [4.69, 9.17) is 0 Å². The third-order valence-corrected chi connectivity index (χ3v) is 5.52. The number of anilines is 1. The van der Waals surface area contributed by atoms with Crippen LogP contribution in [0.5, 0.6) is 0 Å². The van der Waals surface area contributed by atoms with Gasteiger partial charge in [-0.15, -0.1) is 11.3 Å². The number of carbonyl (C=O) groups is 1. The number of rotatable bonds is 4. The van der Waals surface area contributed by atoms with Crippen molar-refractivity contribution >= 4 is 33.4 Å². The molecule has 1 aliphatic rings. The lowest BCUT2D eigenvalue weighted by Crippen LogP contribution is -2.25. The van der Waals surface area contributed by atoms with Gasteiger partial charge in [0.2, 0.25) is 5.91 Å². The predicted octanol–water partition coefficient (Wildman–Crippen LogP) is 2.68. The predicted molar refractivity (Wildman–Crippen MR) is 99.9 cm³/mol. The third-order valence-electron chi connectivity index (χ3n) is 4.52. The van der Waals surface area contributed by atoms with Gasteiger partial charge in [0.05, 0.1) is 16.7 Å². The zero-order valence-electron chi connectivity index (χ0n) is 14.5. The van der Waals surface area contributed by atoms with Crippen LogP contribution in [0.25, 0.3) is 11.0 Å². The van der Waals surface area contributed by atoms with Gasteiger partial charge >= 0.3 is 0 Å². The number of nitrogens with one attached hydrogen (secondary N) is 1. The topological polar surface area (TPSA) is 63.1 Å². The molecule has 1 aromatic carbocycles. The number of carbonyl (C=O) groups excluding carboxylic acids is 1. The van der Waals surface area contributed by atoms with Gasteiger partial charge in [-0.2, -0.15) is 0 Å². The van der Waals surface area contributed by atoms with E-state index in [1.165, 1.54) is 4.88 Å². The number of amides is 1. The Morgan fingerprint density at radius 1 is 1.32 bits per heavy atom. The Labute approximate surface area is 150 Å². The Balaban J connectivity index is 1.53. The molecule has 2 aromatic heterocycles. The lowest BCUT2D eigenvalue weighted by Gasteiger charge is -2.20. The SMILES string of the molecule is CCc1nc2ccccc2n1CC(=O)Nc1nc2c(s1)CN(C)CC2. The molecule has 0 aliphatic carbocycles. The van der Waals surface area contributed by atoms with Crippen LogP contribution in [-0.2, 0) is 30.7 Å². The fourth-order valence-electron chi connectivity index (χ4n) is 3.25.